The van der Waals surface area contributed by atoms with E-state index < -0.39 is 0 Å². The SMILES string of the molecule is Cc1ccccc1CSCC(=O)Nc1ccc(Oc2ccccc2)cc1. The molecule has 0 saturated heterocycles. The van der Waals surface area contributed by atoms with Crippen LogP contribution in [0.15, 0.2) is 78.9 Å². The van der Waals surface area contributed by atoms with Gasteiger partial charge < -0.3 is 10.1 Å². The standard InChI is InChI=1S/C22H21NO2S/c1-17-7-5-6-8-18(17)15-26-16-22(24)23-19-11-13-21(14-12-19)25-20-9-3-2-4-10-20/h2-14H,15-16H2,1H3,(H,23,24). The number of benzene rings is 3. The van der Waals surface area contributed by atoms with E-state index in [4.69, 9.17) is 4.74 Å². The number of carbonyl (C=O) groups is 1. The van der Waals surface area contributed by atoms with Crippen LogP contribution in [-0.2, 0) is 10.5 Å². The van der Waals surface area contributed by atoms with Crippen LogP contribution in [0.3, 0.4) is 0 Å². The van der Waals surface area contributed by atoms with Gasteiger partial charge in [-0.15, -0.1) is 11.8 Å². The first-order chi connectivity index (χ1) is 12.7. The molecule has 0 aliphatic carbocycles. The third-order valence-electron chi connectivity index (χ3n) is 3.87. The van der Waals surface area contributed by atoms with Crippen molar-refractivity contribution in [3.63, 3.8) is 0 Å². The van der Waals surface area contributed by atoms with E-state index in [1.54, 1.807) is 11.8 Å². The summed E-state index contributed by atoms with van der Waals surface area (Å²) in [5.41, 5.74) is 3.30. The summed E-state index contributed by atoms with van der Waals surface area (Å²) in [6, 6.07) is 25.3. The summed E-state index contributed by atoms with van der Waals surface area (Å²) in [5, 5.41) is 2.92. The summed E-state index contributed by atoms with van der Waals surface area (Å²) >= 11 is 1.62. The first kappa shape index (κ1) is 18.1. The number of thioether (sulfide) groups is 1. The molecular formula is C22H21NO2S. The maximum absolute atomic E-state index is 12.1. The van der Waals surface area contributed by atoms with E-state index in [2.05, 4.69) is 24.4 Å². The molecule has 0 aromatic heterocycles. The van der Waals surface area contributed by atoms with Crippen molar-refractivity contribution in [2.24, 2.45) is 0 Å². The van der Waals surface area contributed by atoms with Crippen LogP contribution in [0.2, 0.25) is 0 Å². The number of amides is 1. The summed E-state index contributed by atoms with van der Waals surface area (Å²) < 4.78 is 5.75. The van der Waals surface area contributed by atoms with Crippen LogP contribution >= 0.6 is 11.8 Å². The average Bonchev–Trinajstić information content (AvgIpc) is 2.66. The quantitative estimate of drug-likeness (QED) is 0.589. The zero-order valence-corrected chi connectivity index (χ0v) is 15.5. The van der Waals surface area contributed by atoms with Crippen molar-refractivity contribution in [3.8, 4) is 11.5 Å². The molecule has 3 aromatic rings. The molecule has 0 radical (unpaired) electrons. The molecular weight excluding hydrogens is 342 g/mol. The van der Waals surface area contributed by atoms with Gasteiger partial charge in [-0.2, -0.15) is 0 Å². The molecule has 3 nitrogen and oxygen atoms in total. The van der Waals surface area contributed by atoms with Crippen molar-refractivity contribution in [1.29, 1.82) is 0 Å². The van der Waals surface area contributed by atoms with Crippen LogP contribution in [0, 0.1) is 6.92 Å². The topological polar surface area (TPSA) is 38.3 Å². The molecule has 3 rings (SSSR count). The Balaban J connectivity index is 1.46. The Bertz CT molecular complexity index is 848. The molecule has 1 amide bonds. The van der Waals surface area contributed by atoms with Gasteiger partial charge in [-0.1, -0.05) is 42.5 Å². The number of aryl methyl sites for hydroxylation is 1. The smallest absolute Gasteiger partial charge is 0.234 e. The van der Waals surface area contributed by atoms with E-state index in [-0.39, 0.29) is 5.91 Å². The van der Waals surface area contributed by atoms with Crippen LogP contribution in [0.4, 0.5) is 5.69 Å². The lowest BCUT2D eigenvalue weighted by molar-refractivity contribution is -0.113. The normalized spacial score (nSPS) is 10.3. The lowest BCUT2D eigenvalue weighted by atomic mass is 10.1. The number of nitrogens with one attached hydrogen (secondary N) is 1. The number of rotatable bonds is 7. The minimum atomic E-state index is 0.000289. The highest BCUT2D eigenvalue weighted by Crippen LogP contribution is 2.23. The van der Waals surface area contributed by atoms with E-state index in [1.165, 1.54) is 11.1 Å². The second-order valence-corrected chi connectivity index (χ2v) is 6.89. The van der Waals surface area contributed by atoms with E-state index >= 15 is 0 Å². The molecule has 0 saturated carbocycles. The van der Waals surface area contributed by atoms with Gasteiger partial charge in [0.2, 0.25) is 5.91 Å². The van der Waals surface area contributed by atoms with E-state index in [0.29, 0.717) is 5.75 Å². The monoisotopic (exact) mass is 363 g/mol. The van der Waals surface area contributed by atoms with Gasteiger partial charge >= 0.3 is 0 Å². The van der Waals surface area contributed by atoms with Gasteiger partial charge in [-0.25, -0.2) is 0 Å². The van der Waals surface area contributed by atoms with Gasteiger partial charge in [-0.05, 0) is 54.4 Å². The van der Waals surface area contributed by atoms with E-state index in [9.17, 15) is 4.79 Å². The van der Waals surface area contributed by atoms with Gasteiger partial charge in [-0.3, -0.25) is 4.79 Å². The third-order valence-corrected chi connectivity index (χ3v) is 4.85. The first-order valence-electron chi connectivity index (χ1n) is 8.46. The van der Waals surface area contributed by atoms with Crippen LogP contribution in [-0.4, -0.2) is 11.7 Å². The molecule has 0 fully saturated rings. The first-order valence-corrected chi connectivity index (χ1v) is 9.61. The van der Waals surface area contributed by atoms with Gasteiger partial charge in [0.1, 0.15) is 11.5 Å². The average molecular weight is 363 g/mol. The fraction of sp³-hybridized carbons (Fsp3) is 0.136. The highest BCUT2D eigenvalue weighted by molar-refractivity contribution is 7.99. The number of hydrogen-bond donors (Lipinski definition) is 1. The predicted octanol–water partition coefficient (Wildman–Crippen LogP) is 5.66. The molecule has 0 heterocycles. The molecule has 3 aromatic carbocycles. The Kier molecular flexibility index (Phi) is 6.34. The highest BCUT2D eigenvalue weighted by Gasteiger charge is 2.05. The highest BCUT2D eigenvalue weighted by atomic mass is 32.2. The molecule has 1 N–H and O–H groups in total. The largest absolute Gasteiger partial charge is 0.457 e. The van der Waals surface area contributed by atoms with E-state index in [1.807, 2.05) is 66.7 Å². The lowest BCUT2D eigenvalue weighted by Crippen LogP contribution is -2.14. The second kappa shape index (κ2) is 9.11. The van der Waals surface area contributed by atoms with Gasteiger partial charge in [0.15, 0.2) is 0 Å². The summed E-state index contributed by atoms with van der Waals surface area (Å²) in [4.78, 5) is 12.1. The number of anilines is 1. The van der Waals surface area contributed by atoms with Crippen molar-refractivity contribution in [2.45, 2.75) is 12.7 Å². The fourth-order valence-corrected chi connectivity index (χ4v) is 3.36. The summed E-state index contributed by atoms with van der Waals surface area (Å²) in [6.45, 7) is 2.09. The Morgan fingerprint density at radius 3 is 2.27 bits per heavy atom. The maximum atomic E-state index is 12.1. The second-order valence-electron chi connectivity index (χ2n) is 5.91. The van der Waals surface area contributed by atoms with Crippen molar-refractivity contribution in [1.82, 2.24) is 0 Å². The zero-order valence-electron chi connectivity index (χ0n) is 14.6. The summed E-state index contributed by atoms with van der Waals surface area (Å²) in [6.07, 6.45) is 0. The van der Waals surface area contributed by atoms with Crippen molar-refractivity contribution >= 4 is 23.4 Å². The number of ether oxygens (including phenoxy) is 1. The molecule has 132 valence electrons. The molecule has 0 aliphatic rings. The predicted molar refractivity (Wildman–Crippen MR) is 109 cm³/mol. The van der Waals surface area contributed by atoms with Crippen molar-refractivity contribution in [3.05, 3.63) is 90.0 Å². The van der Waals surface area contributed by atoms with Crippen molar-refractivity contribution in [2.75, 3.05) is 11.1 Å². The van der Waals surface area contributed by atoms with Crippen LogP contribution in [0.5, 0.6) is 11.5 Å². The third kappa shape index (κ3) is 5.39. The molecule has 0 unspecified atom stereocenters. The molecule has 0 aliphatic heterocycles. The Morgan fingerprint density at radius 1 is 0.885 bits per heavy atom. The fourth-order valence-electron chi connectivity index (χ4n) is 2.45. The van der Waals surface area contributed by atoms with Gasteiger partial charge in [0.25, 0.3) is 0 Å². The molecule has 0 spiro atoms. The molecule has 0 atom stereocenters. The van der Waals surface area contributed by atoms with Crippen LogP contribution in [0.25, 0.3) is 0 Å². The van der Waals surface area contributed by atoms with Crippen molar-refractivity contribution < 1.29 is 9.53 Å². The number of para-hydroxylation sites is 1. The van der Waals surface area contributed by atoms with Crippen LogP contribution < -0.4 is 10.1 Å². The summed E-state index contributed by atoms with van der Waals surface area (Å²) in [7, 11) is 0. The summed E-state index contributed by atoms with van der Waals surface area (Å²) in [5.74, 6) is 2.79. The Labute approximate surface area is 158 Å². The minimum Gasteiger partial charge on any atom is -0.457 e. The Hall–Kier alpha value is -2.72. The van der Waals surface area contributed by atoms with Crippen LogP contribution in [0.1, 0.15) is 11.1 Å². The molecule has 0 bridgehead atoms. The molecule has 4 heteroatoms. The number of carbonyl (C=O) groups excluding carboxylic acids is 1. The van der Waals surface area contributed by atoms with E-state index in [0.717, 1.165) is 22.9 Å². The maximum Gasteiger partial charge on any atom is 0.234 e. The van der Waals surface area contributed by atoms with Gasteiger partial charge in [0, 0.05) is 11.4 Å². The number of hydrogen-bond acceptors (Lipinski definition) is 3. The zero-order chi connectivity index (χ0) is 18.2. The molecule has 26 heavy (non-hydrogen) atoms. The Morgan fingerprint density at radius 2 is 1.54 bits per heavy atom. The lowest BCUT2D eigenvalue weighted by Gasteiger charge is -2.08. The van der Waals surface area contributed by atoms with Gasteiger partial charge in [0.05, 0.1) is 5.75 Å². The minimum absolute atomic E-state index is 0.000289.